The predicted octanol–water partition coefficient (Wildman–Crippen LogP) is 2.52. The van der Waals surface area contributed by atoms with E-state index in [0.29, 0.717) is 0 Å². The van der Waals surface area contributed by atoms with Gasteiger partial charge in [-0.3, -0.25) is 0 Å². The highest BCUT2D eigenvalue weighted by Gasteiger charge is 2.50. The summed E-state index contributed by atoms with van der Waals surface area (Å²) in [5, 5.41) is 13.2. The van der Waals surface area contributed by atoms with Crippen molar-refractivity contribution >= 4 is 17.3 Å². The molecule has 0 radical (unpaired) electrons. The van der Waals surface area contributed by atoms with Crippen LogP contribution in [0, 0.1) is 5.92 Å². The Bertz CT molecular complexity index is 522. The van der Waals surface area contributed by atoms with Crippen LogP contribution < -0.4 is 0 Å². The van der Waals surface area contributed by atoms with Crippen LogP contribution in [0.2, 0.25) is 0 Å². The van der Waals surface area contributed by atoms with Crippen LogP contribution in [0.25, 0.3) is 0 Å². The topological polar surface area (TPSA) is 46.5 Å². The molecule has 2 aliphatic rings. The van der Waals surface area contributed by atoms with Crippen LogP contribution in [0.5, 0.6) is 0 Å². The number of carbonyl (C=O) groups is 1. The Morgan fingerprint density at radius 2 is 2.09 bits per heavy atom. The molecule has 0 bridgehead atoms. The minimum absolute atomic E-state index is 0.0115. The largest absolute Gasteiger partial charge is 0.454 e. The van der Waals surface area contributed by atoms with Crippen molar-refractivity contribution in [1.29, 1.82) is 0 Å². The number of esters is 1. The fourth-order valence-electron chi connectivity index (χ4n) is 3.87. The van der Waals surface area contributed by atoms with Gasteiger partial charge in [0.25, 0.3) is 0 Å². The van der Waals surface area contributed by atoms with Crippen LogP contribution >= 0.6 is 11.3 Å². The summed E-state index contributed by atoms with van der Waals surface area (Å²) >= 11 is 1.45. The van der Waals surface area contributed by atoms with Crippen molar-refractivity contribution in [2.75, 3.05) is 27.2 Å². The highest BCUT2D eigenvalue weighted by atomic mass is 32.1. The lowest BCUT2D eigenvalue weighted by molar-refractivity contribution is -0.879. The van der Waals surface area contributed by atoms with E-state index in [1.54, 1.807) is 0 Å². The predicted molar refractivity (Wildman–Crippen MR) is 86.5 cm³/mol. The van der Waals surface area contributed by atoms with Crippen LogP contribution in [0.4, 0.5) is 0 Å². The molecule has 1 aromatic rings. The van der Waals surface area contributed by atoms with Gasteiger partial charge in [-0.05, 0) is 24.3 Å². The zero-order valence-electron chi connectivity index (χ0n) is 13.5. The summed E-state index contributed by atoms with van der Waals surface area (Å²) in [5.74, 6) is -0.448. The first-order valence-electron chi connectivity index (χ1n) is 8.21. The second kappa shape index (κ2) is 5.95. The van der Waals surface area contributed by atoms with Crippen molar-refractivity contribution in [1.82, 2.24) is 0 Å². The van der Waals surface area contributed by atoms with Crippen molar-refractivity contribution in [3.63, 3.8) is 0 Å². The van der Waals surface area contributed by atoms with Gasteiger partial charge < -0.3 is 14.3 Å². The van der Waals surface area contributed by atoms with Gasteiger partial charge in [0.05, 0.1) is 20.6 Å². The normalized spacial score (nSPS) is 27.7. The van der Waals surface area contributed by atoms with E-state index in [-0.39, 0.29) is 12.0 Å². The van der Waals surface area contributed by atoms with E-state index in [0.717, 1.165) is 54.6 Å². The molecule has 1 aliphatic heterocycles. The lowest BCUT2D eigenvalue weighted by Gasteiger charge is -2.32. The third-order valence-electron chi connectivity index (χ3n) is 5.18. The highest BCUT2D eigenvalue weighted by Crippen LogP contribution is 2.43. The molecule has 3 rings (SSSR count). The molecule has 2 atom stereocenters. The first-order chi connectivity index (χ1) is 10.4. The Hall–Kier alpha value is -0.910. The van der Waals surface area contributed by atoms with E-state index in [9.17, 15) is 9.90 Å². The minimum Gasteiger partial charge on any atom is -0.454 e. The van der Waals surface area contributed by atoms with Crippen LogP contribution in [0.15, 0.2) is 17.5 Å². The van der Waals surface area contributed by atoms with Gasteiger partial charge in [0.15, 0.2) is 11.7 Å². The molecule has 1 saturated heterocycles. The van der Waals surface area contributed by atoms with E-state index in [2.05, 4.69) is 14.1 Å². The molecule has 1 N–H and O–H groups in total. The van der Waals surface area contributed by atoms with E-state index < -0.39 is 11.6 Å². The van der Waals surface area contributed by atoms with Gasteiger partial charge in [0, 0.05) is 17.2 Å². The molecule has 2 heterocycles. The Balaban J connectivity index is 1.79. The molecule has 22 heavy (non-hydrogen) atoms. The summed E-state index contributed by atoms with van der Waals surface area (Å²) in [5.41, 5.74) is -1.45. The molecule has 4 nitrogen and oxygen atoms in total. The van der Waals surface area contributed by atoms with Crippen LogP contribution in [0.3, 0.4) is 0 Å². The second-order valence-electron chi connectivity index (χ2n) is 7.38. The number of hydrogen-bond donors (Lipinski definition) is 1. The molecule has 122 valence electrons. The summed E-state index contributed by atoms with van der Waals surface area (Å²) < 4.78 is 6.62. The smallest absolute Gasteiger partial charge is 0.344 e. The van der Waals surface area contributed by atoms with Crippen LogP contribution in [-0.2, 0) is 15.1 Å². The first-order valence-corrected chi connectivity index (χ1v) is 9.09. The second-order valence-corrected chi connectivity index (χ2v) is 8.33. The van der Waals surface area contributed by atoms with E-state index in [1.165, 1.54) is 11.3 Å². The molecule has 5 heteroatoms. The fourth-order valence-corrected chi connectivity index (χ4v) is 4.76. The average Bonchev–Trinajstić information content (AvgIpc) is 3.19. The number of nitrogens with zero attached hydrogens (tertiary/aromatic N) is 1. The number of rotatable bonds is 4. The van der Waals surface area contributed by atoms with Crippen molar-refractivity contribution in [2.45, 2.75) is 43.8 Å². The van der Waals surface area contributed by atoms with Crippen molar-refractivity contribution in [2.24, 2.45) is 5.92 Å². The molecule has 1 saturated carbocycles. The van der Waals surface area contributed by atoms with Gasteiger partial charge in [-0.15, -0.1) is 11.3 Å². The minimum atomic E-state index is -1.45. The Labute approximate surface area is 136 Å². The lowest BCUT2D eigenvalue weighted by Crippen LogP contribution is -2.45. The molecular formula is C17H26NO3S+. The van der Waals surface area contributed by atoms with Gasteiger partial charge in [0.1, 0.15) is 6.54 Å². The summed E-state index contributed by atoms with van der Waals surface area (Å²) in [6, 6.07) is 3.75. The van der Waals surface area contributed by atoms with E-state index in [4.69, 9.17) is 4.74 Å². The highest BCUT2D eigenvalue weighted by molar-refractivity contribution is 7.10. The van der Waals surface area contributed by atoms with Gasteiger partial charge in [-0.25, -0.2) is 4.79 Å². The molecule has 0 spiro atoms. The summed E-state index contributed by atoms with van der Waals surface area (Å²) in [6.45, 7) is 1.84. The molecule has 0 amide bonds. The molecule has 0 unspecified atom stereocenters. The quantitative estimate of drug-likeness (QED) is 0.684. The summed E-state index contributed by atoms with van der Waals surface area (Å²) in [6.07, 6.45) is 4.77. The molecular weight excluding hydrogens is 298 g/mol. The van der Waals surface area contributed by atoms with Crippen molar-refractivity contribution in [3.05, 3.63) is 22.4 Å². The van der Waals surface area contributed by atoms with Crippen molar-refractivity contribution < 1.29 is 19.1 Å². The number of likely N-dealkylation sites (N-methyl/N-ethyl adjacent to an activating group) is 1. The lowest BCUT2D eigenvalue weighted by atomic mass is 9.84. The summed E-state index contributed by atoms with van der Waals surface area (Å²) in [4.78, 5) is 13.6. The Morgan fingerprint density at radius 1 is 1.36 bits per heavy atom. The maximum Gasteiger partial charge on any atom is 0.344 e. The van der Waals surface area contributed by atoms with Crippen LogP contribution in [-0.4, -0.2) is 48.8 Å². The third-order valence-corrected chi connectivity index (χ3v) is 6.18. The van der Waals surface area contributed by atoms with E-state index in [1.807, 2.05) is 17.5 Å². The zero-order chi connectivity index (χ0) is 15.8. The fraction of sp³-hybridized carbons (Fsp3) is 0.706. The molecule has 2 fully saturated rings. The number of likely N-dealkylation sites (tertiary alicyclic amines) is 1. The average molecular weight is 324 g/mol. The van der Waals surface area contributed by atoms with Gasteiger partial charge >= 0.3 is 5.97 Å². The van der Waals surface area contributed by atoms with Crippen LogP contribution in [0.1, 0.15) is 37.0 Å². The summed E-state index contributed by atoms with van der Waals surface area (Å²) in [7, 11) is 4.30. The standard InChI is InChI=1S/C17H26NO3S/c1-18(2)10-9-14(12-18)21-16(19)17(20,13-6-3-4-7-13)15-8-5-11-22-15/h5,8,11,13-14,20H,3-4,6-7,9-10,12H2,1-2H3/q+1/t14-,17+/m1/s1. The molecule has 1 aromatic heterocycles. The zero-order valence-corrected chi connectivity index (χ0v) is 14.3. The number of aliphatic hydroxyl groups is 1. The number of carbonyl (C=O) groups excluding carboxylic acids is 1. The first kappa shape index (κ1) is 16.0. The Morgan fingerprint density at radius 3 is 2.64 bits per heavy atom. The SMILES string of the molecule is C[N+]1(C)CC[C@@H](OC(=O)[C@@](O)(c2cccs2)C2CCCC2)C1. The maximum absolute atomic E-state index is 12.8. The van der Waals surface area contributed by atoms with Crippen molar-refractivity contribution in [3.8, 4) is 0 Å². The number of hydrogen-bond acceptors (Lipinski definition) is 4. The monoisotopic (exact) mass is 324 g/mol. The van der Waals surface area contributed by atoms with E-state index >= 15 is 0 Å². The number of ether oxygens (including phenoxy) is 1. The van der Waals surface area contributed by atoms with Gasteiger partial charge in [-0.1, -0.05) is 18.9 Å². The van der Waals surface area contributed by atoms with Gasteiger partial charge in [0.2, 0.25) is 0 Å². The number of thiophene rings is 1. The maximum atomic E-state index is 12.8. The Kier molecular flexibility index (Phi) is 4.32. The number of quaternary nitrogens is 1. The molecule has 0 aromatic carbocycles. The van der Waals surface area contributed by atoms with Gasteiger partial charge in [-0.2, -0.15) is 0 Å². The third kappa shape index (κ3) is 2.94. The molecule has 1 aliphatic carbocycles.